The molecule has 0 fully saturated rings. The number of rotatable bonds is 4. The average molecular weight is 252 g/mol. The first kappa shape index (κ1) is 14.2. The second-order valence-electron chi connectivity index (χ2n) is 4.38. The summed E-state index contributed by atoms with van der Waals surface area (Å²) in [4.78, 5) is 22.8. The number of amides is 2. The fraction of sp³-hybridized carbons (Fsp3) is 0.385. The Bertz CT molecular complexity index is 458. The van der Waals surface area contributed by atoms with Gasteiger partial charge in [0.2, 0.25) is 11.8 Å². The van der Waals surface area contributed by atoms with E-state index in [2.05, 4.69) is 10.6 Å². The molecule has 18 heavy (non-hydrogen) atoms. The zero-order valence-electron chi connectivity index (χ0n) is 10.7. The van der Waals surface area contributed by atoms with Crippen molar-refractivity contribution >= 4 is 17.5 Å². The lowest BCUT2D eigenvalue weighted by molar-refractivity contribution is -0.126. The highest BCUT2D eigenvalue weighted by Crippen LogP contribution is 2.15. The first-order chi connectivity index (χ1) is 8.40. The molecule has 1 aromatic carbocycles. The summed E-state index contributed by atoms with van der Waals surface area (Å²) in [6.45, 7) is 5.11. The lowest BCUT2D eigenvalue weighted by Crippen LogP contribution is -2.35. The van der Waals surface area contributed by atoms with Gasteiger partial charge in [0, 0.05) is 11.6 Å². The number of nitrogens with one attached hydrogen (secondary N) is 2. The Balaban J connectivity index is 2.52. The zero-order valence-corrected chi connectivity index (χ0v) is 10.7. The van der Waals surface area contributed by atoms with Crippen molar-refractivity contribution in [3.63, 3.8) is 0 Å². The molecule has 0 saturated heterocycles. The Labute approximate surface area is 106 Å². The third kappa shape index (κ3) is 4.16. The highest BCUT2D eigenvalue weighted by molar-refractivity contribution is 5.95. The molecule has 2 amide bonds. The van der Waals surface area contributed by atoms with Gasteiger partial charge in [-0.05, 0) is 30.7 Å². The number of carbonyl (C=O) groups is 2. The van der Waals surface area contributed by atoms with E-state index >= 15 is 0 Å². The maximum atomic E-state index is 12.9. The van der Waals surface area contributed by atoms with Crippen LogP contribution in [0.15, 0.2) is 18.2 Å². The Kier molecular flexibility index (Phi) is 4.83. The van der Waals surface area contributed by atoms with Gasteiger partial charge >= 0.3 is 0 Å². The van der Waals surface area contributed by atoms with Gasteiger partial charge < -0.3 is 10.6 Å². The molecule has 4 nitrogen and oxygen atoms in total. The van der Waals surface area contributed by atoms with Crippen LogP contribution in [0.4, 0.5) is 10.1 Å². The maximum absolute atomic E-state index is 12.9. The standard InChI is InChI=1S/C13H17FN2O2/c1-8(2)13(18)15-7-12(17)16-11-5-4-10(14)6-9(11)3/h4-6,8H,7H2,1-3H3,(H,15,18)(H,16,17). The van der Waals surface area contributed by atoms with E-state index in [9.17, 15) is 14.0 Å². The summed E-state index contributed by atoms with van der Waals surface area (Å²) in [5.74, 6) is -1.02. The fourth-order valence-corrected chi connectivity index (χ4v) is 1.33. The number of carbonyl (C=O) groups excluding carboxylic acids is 2. The van der Waals surface area contributed by atoms with Gasteiger partial charge in [-0.2, -0.15) is 0 Å². The topological polar surface area (TPSA) is 58.2 Å². The quantitative estimate of drug-likeness (QED) is 0.859. The van der Waals surface area contributed by atoms with Crippen LogP contribution in [0, 0.1) is 18.7 Å². The summed E-state index contributed by atoms with van der Waals surface area (Å²) < 4.78 is 12.9. The van der Waals surface area contributed by atoms with Crippen LogP contribution in [0.1, 0.15) is 19.4 Å². The normalized spacial score (nSPS) is 10.3. The smallest absolute Gasteiger partial charge is 0.243 e. The van der Waals surface area contributed by atoms with Crippen LogP contribution in [0.25, 0.3) is 0 Å². The van der Waals surface area contributed by atoms with Crippen molar-refractivity contribution in [3.05, 3.63) is 29.6 Å². The van der Waals surface area contributed by atoms with E-state index in [4.69, 9.17) is 0 Å². The Morgan fingerprint density at radius 1 is 1.33 bits per heavy atom. The van der Waals surface area contributed by atoms with Crippen LogP contribution >= 0.6 is 0 Å². The highest BCUT2D eigenvalue weighted by Gasteiger charge is 2.09. The van der Waals surface area contributed by atoms with Crippen molar-refractivity contribution in [1.29, 1.82) is 0 Å². The third-order valence-corrected chi connectivity index (χ3v) is 2.41. The molecule has 98 valence electrons. The molecular weight excluding hydrogens is 235 g/mol. The molecular formula is C13H17FN2O2. The molecule has 0 aliphatic carbocycles. The number of benzene rings is 1. The van der Waals surface area contributed by atoms with E-state index in [0.29, 0.717) is 11.3 Å². The second-order valence-corrected chi connectivity index (χ2v) is 4.38. The van der Waals surface area contributed by atoms with Crippen molar-refractivity contribution in [2.75, 3.05) is 11.9 Å². The highest BCUT2D eigenvalue weighted by atomic mass is 19.1. The number of hydrogen-bond acceptors (Lipinski definition) is 2. The monoisotopic (exact) mass is 252 g/mol. The molecule has 0 atom stereocenters. The van der Waals surface area contributed by atoms with Crippen molar-refractivity contribution in [3.8, 4) is 0 Å². The number of hydrogen-bond donors (Lipinski definition) is 2. The molecule has 0 heterocycles. The number of anilines is 1. The Morgan fingerprint density at radius 2 is 2.00 bits per heavy atom. The van der Waals surface area contributed by atoms with Crippen LogP contribution < -0.4 is 10.6 Å². The summed E-state index contributed by atoms with van der Waals surface area (Å²) in [6, 6.07) is 4.10. The van der Waals surface area contributed by atoms with Gasteiger partial charge in [0.1, 0.15) is 5.82 Å². The summed E-state index contributed by atoms with van der Waals surface area (Å²) in [5.41, 5.74) is 1.18. The molecule has 0 saturated carbocycles. The van der Waals surface area contributed by atoms with Crippen molar-refractivity contribution in [1.82, 2.24) is 5.32 Å². The lowest BCUT2D eigenvalue weighted by Gasteiger charge is -2.10. The molecule has 0 spiro atoms. The van der Waals surface area contributed by atoms with E-state index in [-0.39, 0.29) is 30.1 Å². The van der Waals surface area contributed by atoms with Gasteiger partial charge in [-0.3, -0.25) is 9.59 Å². The van der Waals surface area contributed by atoms with Gasteiger partial charge in [-0.25, -0.2) is 4.39 Å². The van der Waals surface area contributed by atoms with E-state index in [1.54, 1.807) is 20.8 Å². The predicted octanol–water partition coefficient (Wildman–Crippen LogP) is 1.84. The molecule has 0 bridgehead atoms. The van der Waals surface area contributed by atoms with Crippen LogP contribution in [0.5, 0.6) is 0 Å². The SMILES string of the molecule is Cc1cc(F)ccc1NC(=O)CNC(=O)C(C)C. The lowest BCUT2D eigenvalue weighted by atomic mass is 10.2. The first-order valence-electron chi connectivity index (χ1n) is 5.74. The van der Waals surface area contributed by atoms with Crippen LogP contribution in [0.3, 0.4) is 0 Å². The zero-order chi connectivity index (χ0) is 13.7. The fourth-order valence-electron chi connectivity index (χ4n) is 1.33. The third-order valence-electron chi connectivity index (χ3n) is 2.41. The van der Waals surface area contributed by atoms with Crippen molar-refractivity contribution in [2.24, 2.45) is 5.92 Å². The summed E-state index contributed by atoms with van der Waals surface area (Å²) in [5, 5.41) is 5.12. The maximum Gasteiger partial charge on any atom is 0.243 e. The van der Waals surface area contributed by atoms with Crippen molar-refractivity contribution < 1.29 is 14.0 Å². The minimum atomic E-state index is -0.349. The molecule has 0 aliphatic rings. The summed E-state index contributed by atoms with van der Waals surface area (Å²) in [6.07, 6.45) is 0. The predicted molar refractivity (Wildman–Crippen MR) is 67.6 cm³/mol. The van der Waals surface area contributed by atoms with Gasteiger partial charge in [-0.1, -0.05) is 13.8 Å². The van der Waals surface area contributed by atoms with Crippen LogP contribution in [0.2, 0.25) is 0 Å². The van der Waals surface area contributed by atoms with Crippen molar-refractivity contribution in [2.45, 2.75) is 20.8 Å². The number of halogens is 1. The minimum absolute atomic E-state index is 0.0895. The van der Waals surface area contributed by atoms with Gasteiger partial charge in [-0.15, -0.1) is 0 Å². The molecule has 0 aliphatic heterocycles. The Hall–Kier alpha value is -1.91. The molecule has 5 heteroatoms. The van der Waals surface area contributed by atoms with E-state index in [0.717, 1.165) is 0 Å². The summed E-state index contributed by atoms with van der Waals surface area (Å²) >= 11 is 0. The molecule has 0 unspecified atom stereocenters. The number of aryl methyl sites for hydroxylation is 1. The van der Waals surface area contributed by atoms with E-state index < -0.39 is 0 Å². The second kappa shape index (κ2) is 6.14. The minimum Gasteiger partial charge on any atom is -0.347 e. The molecule has 1 rings (SSSR count). The molecule has 0 aromatic heterocycles. The Morgan fingerprint density at radius 3 is 2.56 bits per heavy atom. The van der Waals surface area contributed by atoms with Crippen LogP contribution in [-0.4, -0.2) is 18.4 Å². The first-order valence-corrected chi connectivity index (χ1v) is 5.74. The van der Waals surface area contributed by atoms with E-state index in [1.807, 2.05) is 0 Å². The largest absolute Gasteiger partial charge is 0.347 e. The van der Waals surface area contributed by atoms with E-state index in [1.165, 1.54) is 18.2 Å². The molecule has 2 N–H and O–H groups in total. The van der Waals surface area contributed by atoms with Gasteiger partial charge in [0.15, 0.2) is 0 Å². The molecule has 0 radical (unpaired) electrons. The van der Waals surface area contributed by atoms with Gasteiger partial charge in [0.25, 0.3) is 0 Å². The van der Waals surface area contributed by atoms with Gasteiger partial charge in [0.05, 0.1) is 6.54 Å². The molecule has 1 aromatic rings. The summed E-state index contributed by atoms with van der Waals surface area (Å²) in [7, 11) is 0. The average Bonchev–Trinajstić information content (AvgIpc) is 2.29. The van der Waals surface area contributed by atoms with Crippen LogP contribution in [-0.2, 0) is 9.59 Å².